The fourth-order valence-corrected chi connectivity index (χ4v) is 6.62. The van der Waals surface area contributed by atoms with Crippen LogP contribution in [0.4, 0.5) is 10.2 Å². The van der Waals surface area contributed by atoms with Crippen LogP contribution in [-0.4, -0.2) is 66.1 Å². The maximum Gasteiger partial charge on any atom is 0.185 e. The van der Waals surface area contributed by atoms with Crippen LogP contribution in [0.3, 0.4) is 0 Å². The van der Waals surface area contributed by atoms with Crippen LogP contribution in [0.5, 0.6) is 5.75 Å². The highest BCUT2D eigenvalue weighted by atomic mass is 32.2. The highest BCUT2D eigenvalue weighted by Gasteiger charge is 2.55. The van der Waals surface area contributed by atoms with E-state index in [4.69, 9.17) is 0 Å². The molecule has 0 unspecified atom stereocenters. The minimum atomic E-state index is -1.01. The van der Waals surface area contributed by atoms with Crippen molar-refractivity contribution in [3.63, 3.8) is 0 Å². The molecule has 3 aliphatic rings. The monoisotopic (exact) mass is 521 g/mol. The van der Waals surface area contributed by atoms with Gasteiger partial charge in [-0.1, -0.05) is 6.07 Å². The molecule has 2 saturated heterocycles. The molecule has 4 heterocycles. The molecule has 1 aromatic carbocycles. The Morgan fingerprint density at radius 1 is 1.08 bits per heavy atom. The van der Waals surface area contributed by atoms with Gasteiger partial charge in [-0.15, -0.1) is 27.1 Å². The number of halogens is 1. The van der Waals surface area contributed by atoms with Gasteiger partial charge in [0.05, 0.1) is 24.0 Å². The van der Waals surface area contributed by atoms with Crippen LogP contribution < -0.4 is 10.2 Å². The summed E-state index contributed by atoms with van der Waals surface area (Å²) in [5.41, 5.74) is 1.57. The molecule has 4 atom stereocenters. The van der Waals surface area contributed by atoms with Gasteiger partial charge in [-0.2, -0.15) is 5.10 Å². The Balaban J connectivity index is 1.27. The second-order valence-corrected chi connectivity index (χ2v) is 12.0. The Morgan fingerprint density at radius 2 is 1.92 bits per heavy atom. The fourth-order valence-electron chi connectivity index (χ4n) is 6.25. The van der Waals surface area contributed by atoms with E-state index in [2.05, 4.69) is 42.5 Å². The number of phenolic OH excluding ortho intramolecular Hbond substituents is 1. The summed E-state index contributed by atoms with van der Waals surface area (Å²) in [6.07, 6.45) is 10.0. The third-order valence-electron chi connectivity index (χ3n) is 8.14. The zero-order valence-corrected chi connectivity index (χ0v) is 22.2. The largest absolute Gasteiger partial charge is 0.507 e. The minimum absolute atomic E-state index is 0.0597. The second-order valence-electron chi connectivity index (χ2n) is 11.1. The number of aromatic hydroxyl groups is 1. The number of nitrogens with one attached hydrogen (secondary N) is 1. The lowest BCUT2D eigenvalue weighted by atomic mass is 9.68. The first kappa shape index (κ1) is 24.5. The van der Waals surface area contributed by atoms with E-state index in [0.717, 1.165) is 54.7 Å². The molecular weight excluding hydrogens is 489 g/mol. The van der Waals surface area contributed by atoms with E-state index in [0.29, 0.717) is 17.2 Å². The Kier molecular flexibility index (Phi) is 6.06. The molecule has 194 valence electrons. The molecule has 2 aliphatic heterocycles. The van der Waals surface area contributed by atoms with Crippen molar-refractivity contribution in [1.29, 1.82) is 0 Å². The molecule has 37 heavy (non-hydrogen) atoms. The van der Waals surface area contributed by atoms with Crippen molar-refractivity contribution in [3.8, 4) is 28.3 Å². The van der Waals surface area contributed by atoms with E-state index in [9.17, 15) is 5.11 Å². The maximum atomic E-state index is 16.0. The molecule has 0 spiro atoms. The topological polar surface area (TPSA) is 100.0 Å². The SMILES string of the molecule is CSc1cc(-c2ccc(-c3ncc(N(C4CC4)[C@@H]4C[C@@]5(C)CCC[C@](C)(N5)[C@@H]4F)nn3)c(O)c2)cnn1. The molecule has 1 saturated carbocycles. The second kappa shape index (κ2) is 9.16. The van der Waals surface area contributed by atoms with Crippen LogP contribution in [0.1, 0.15) is 52.4 Å². The van der Waals surface area contributed by atoms with Gasteiger partial charge in [0.2, 0.25) is 0 Å². The molecule has 2 aromatic heterocycles. The molecular formula is C27H32FN7OS. The van der Waals surface area contributed by atoms with Crippen molar-refractivity contribution in [1.82, 2.24) is 30.7 Å². The average Bonchev–Trinajstić information content (AvgIpc) is 3.73. The first-order valence-electron chi connectivity index (χ1n) is 12.9. The molecule has 10 heteroatoms. The van der Waals surface area contributed by atoms with E-state index >= 15 is 4.39 Å². The predicted octanol–water partition coefficient (Wildman–Crippen LogP) is 4.79. The quantitative estimate of drug-likeness (QED) is 0.443. The van der Waals surface area contributed by atoms with Crippen LogP contribution in [0, 0.1) is 0 Å². The van der Waals surface area contributed by atoms with Crippen molar-refractivity contribution in [2.24, 2.45) is 0 Å². The lowest BCUT2D eigenvalue weighted by Crippen LogP contribution is -2.73. The molecule has 3 fully saturated rings. The van der Waals surface area contributed by atoms with Crippen molar-refractivity contribution < 1.29 is 9.50 Å². The average molecular weight is 522 g/mol. The van der Waals surface area contributed by atoms with Gasteiger partial charge in [0.1, 0.15) is 16.9 Å². The molecule has 2 N–H and O–H groups in total. The lowest BCUT2D eigenvalue weighted by Gasteiger charge is -2.57. The Hall–Kier alpha value is -2.85. The molecule has 0 radical (unpaired) electrons. The number of alkyl halides is 1. The van der Waals surface area contributed by atoms with Crippen LogP contribution in [0.25, 0.3) is 22.5 Å². The number of piperidine rings is 2. The van der Waals surface area contributed by atoms with E-state index in [-0.39, 0.29) is 23.4 Å². The van der Waals surface area contributed by atoms with Crippen molar-refractivity contribution in [3.05, 3.63) is 36.7 Å². The van der Waals surface area contributed by atoms with Gasteiger partial charge in [-0.05, 0) is 82.4 Å². The highest BCUT2D eigenvalue weighted by Crippen LogP contribution is 2.46. The third kappa shape index (κ3) is 4.54. The molecule has 0 amide bonds. The van der Waals surface area contributed by atoms with Crippen LogP contribution in [0.15, 0.2) is 41.7 Å². The van der Waals surface area contributed by atoms with Gasteiger partial charge in [0.25, 0.3) is 0 Å². The number of aromatic nitrogens is 5. The van der Waals surface area contributed by atoms with Crippen LogP contribution >= 0.6 is 11.8 Å². The predicted molar refractivity (Wildman–Crippen MR) is 142 cm³/mol. The standard InChI is InChI=1S/C27H32FN7OS/c1-26-9-4-10-27(2,34-26)24(28)20(13-26)35(18-6-7-18)22-15-29-25(33-31-22)19-8-5-16(11-21(19)36)17-12-23(37-3)32-30-14-17/h5,8,11-12,14-15,18,20,24,34,36H,4,6-7,9-10,13H2,1-3H3/t20-,24-,26-,27+/m1/s1. The smallest absolute Gasteiger partial charge is 0.185 e. The van der Waals surface area contributed by atoms with Crippen molar-refractivity contribution in [2.75, 3.05) is 11.2 Å². The number of hydrogen-bond donors (Lipinski definition) is 2. The first-order valence-corrected chi connectivity index (χ1v) is 14.1. The van der Waals surface area contributed by atoms with Crippen molar-refractivity contribution in [2.45, 2.75) is 86.7 Å². The van der Waals surface area contributed by atoms with Gasteiger partial charge in [0.15, 0.2) is 11.6 Å². The third-order valence-corrected chi connectivity index (χ3v) is 8.76. The summed E-state index contributed by atoms with van der Waals surface area (Å²) >= 11 is 1.51. The van der Waals surface area contributed by atoms with E-state index in [1.807, 2.05) is 25.3 Å². The summed E-state index contributed by atoms with van der Waals surface area (Å²) in [6.45, 7) is 4.24. The molecule has 6 rings (SSSR count). The molecule has 2 bridgehead atoms. The Morgan fingerprint density at radius 3 is 2.62 bits per heavy atom. The minimum Gasteiger partial charge on any atom is -0.507 e. The number of benzene rings is 1. The summed E-state index contributed by atoms with van der Waals surface area (Å²) in [6, 6.07) is 7.29. The zero-order valence-electron chi connectivity index (χ0n) is 21.4. The normalized spacial score (nSPS) is 29.2. The first-order chi connectivity index (χ1) is 17.8. The van der Waals surface area contributed by atoms with Gasteiger partial charge in [-0.3, -0.25) is 0 Å². The number of hydrogen-bond acceptors (Lipinski definition) is 9. The number of nitrogens with zero attached hydrogens (tertiary/aromatic N) is 6. The Bertz CT molecular complexity index is 1310. The molecule has 1 aliphatic carbocycles. The summed E-state index contributed by atoms with van der Waals surface area (Å²) in [5.74, 6) is 0.998. The summed E-state index contributed by atoms with van der Waals surface area (Å²) in [4.78, 5) is 6.70. The summed E-state index contributed by atoms with van der Waals surface area (Å²) in [5, 5.41) is 32.2. The van der Waals surface area contributed by atoms with Gasteiger partial charge in [-0.25, -0.2) is 9.37 Å². The molecule has 3 aromatic rings. The fraction of sp³-hybridized carbons (Fsp3) is 0.519. The van der Waals surface area contributed by atoms with Crippen molar-refractivity contribution >= 4 is 17.6 Å². The Labute approximate surface area is 220 Å². The number of fused-ring (bicyclic) bond motifs is 2. The summed E-state index contributed by atoms with van der Waals surface area (Å²) in [7, 11) is 0. The van der Waals surface area contributed by atoms with Gasteiger partial charge >= 0.3 is 0 Å². The lowest BCUT2D eigenvalue weighted by molar-refractivity contribution is 0.000258. The summed E-state index contributed by atoms with van der Waals surface area (Å²) < 4.78 is 16.0. The molecule has 8 nitrogen and oxygen atoms in total. The number of phenols is 1. The zero-order chi connectivity index (χ0) is 25.8. The number of thioether (sulfide) groups is 1. The number of rotatable bonds is 6. The van der Waals surface area contributed by atoms with E-state index < -0.39 is 11.7 Å². The van der Waals surface area contributed by atoms with Gasteiger partial charge < -0.3 is 15.3 Å². The van der Waals surface area contributed by atoms with Gasteiger partial charge in [0, 0.05) is 22.7 Å². The highest BCUT2D eigenvalue weighted by molar-refractivity contribution is 7.98. The maximum absolute atomic E-state index is 16.0. The van der Waals surface area contributed by atoms with Crippen LogP contribution in [-0.2, 0) is 0 Å². The van der Waals surface area contributed by atoms with E-state index in [1.165, 1.54) is 11.8 Å². The van der Waals surface area contributed by atoms with E-state index in [1.54, 1.807) is 24.5 Å². The van der Waals surface area contributed by atoms with Crippen LogP contribution in [0.2, 0.25) is 0 Å². The number of anilines is 1.